The fourth-order valence-electron chi connectivity index (χ4n) is 5.09. The topological polar surface area (TPSA) is 55.8 Å². The van der Waals surface area contributed by atoms with Crippen molar-refractivity contribution < 1.29 is 18.8 Å². The minimum Gasteiger partial charge on any atom is -0.462 e. The van der Waals surface area contributed by atoms with Gasteiger partial charge in [0, 0.05) is 18.1 Å². The van der Waals surface area contributed by atoms with E-state index >= 15 is 0 Å². The zero-order valence-corrected chi connectivity index (χ0v) is 26.0. The van der Waals surface area contributed by atoms with Gasteiger partial charge in [-0.05, 0) is 104 Å². The summed E-state index contributed by atoms with van der Waals surface area (Å²) in [7, 11) is -1.84. The largest absolute Gasteiger partial charge is 0.462 e. The van der Waals surface area contributed by atoms with Crippen LogP contribution < -0.4 is 4.90 Å². The van der Waals surface area contributed by atoms with Gasteiger partial charge in [-0.25, -0.2) is 4.79 Å². The molecule has 1 aromatic rings. The molecule has 3 rings (SSSR count). The summed E-state index contributed by atoms with van der Waals surface area (Å²) in [4.78, 5) is 29.4. The Bertz CT molecular complexity index is 880. The third-order valence-corrected chi connectivity index (χ3v) is 14.4. The van der Waals surface area contributed by atoms with Crippen LogP contribution in [0.25, 0.3) is 0 Å². The number of thiophene rings is 1. The summed E-state index contributed by atoms with van der Waals surface area (Å²) in [5.74, 6) is 0.548. The van der Waals surface area contributed by atoms with Crippen molar-refractivity contribution >= 4 is 53.1 Å². The summed E-state index contributed by atoms with van der Waals surface area (Å²) in [6, 6.07) is 2.02. The number of halogens is 1. The smallest absolute Gasteiger partial charge is 0.350 e. The Morgan fingerprint density at radius 3 is 2.23 bits per heavy atom. The van der Waals surface area contributed by atoms with E-state index in [1.807, 2.05) is 17.9 Å². The molecule has 2 aliphatic rings. The predicted molar refractivity (Wildman–Crippen MR) is 151 cm³/mol. The van der Waals surface area contributed by atoms with Crippen molar-refractivity contribution in [2.75, 3.05) is 11.5 Å². The lowest BCUT2D eigenvalue weighted by Crippen LogP contribution is -2.49. The van der Waals surface area contributed by atoms with E-state index in [4.69, 9.17) is 9.16 Å². The molecule has 1 heterocycles. The van der Waals surface area contributed by atoms with Gasteiger partial charge in [-0.1, -0.05) is 27.7 Å². The molecule has 0 N–H and O–H groups in total. The van der Waals surface area contributed by atoms with E-state index in [0.717, 1.165) is 60.8 Å². The lowest BCUT2D eigenvalue weighted by Gasteiger charge is -2.43. The molecule has 0 aromatic carbocycles. The van der Waals surface area contributed by atoms with Crippen molar-refractivity contribution in [3.05, 3.63) is 14.7 Å². The van der Waals surface area contributed by atoms with E-state index in [0.29, 0.717) is 17.4 Å². The second-order valence-electron chi connectivity index (χ2n) is 12.0. The summed E-state index contributed by atoms with van der Waals surface area (Å²) in [6.07, 6.45) is 7.98. The van der Waals surface area contributed by atoms with Gasteiger partial charge < -0.3 is 14.1 Å². The Labute approximate surface area is 225 Å². The first-order valence-corrected chi connectivity index (χ1v) is 17.8. The minimum absolute atomic E-state index is 0.0288. The van der Waals surface area contributed by atoms with Crippen LogP contribution in [-0.4, -0.2) is 38.9 Å². The number of amides is 1. The van der Waals surface area contributed by atoms with Gasteiger partial charge in [0.15, 0.2) is 8.32 Å². The third kappa shape index (κ3) is 6.99. The number of hydrogen-bond acceptors (Lipinski definition) is 5. The zero-order valence-electron chi connectivity index (χ0n) is 22.6. The van der Waals surface area contributed by atoms with Crippen molar-refractivity contribution in [3.8, 4) is 0 Å². The average molecular weight is 587 g/mol. The van der Waals surface area contributed by atoms with E-state index in [-0.39, 0.29) is 35.0 Å². The van der Waals surface area contributed by atoms with Crippen LogP contribution in [0.1, 0.15) is 95.7 Å². The molecule has 2 saturated carbocycles. The van der Waals surface area contributed by atoms with Crippen molar-refractivity contribution in [1.82, 2.24) is 0 Å². The summed E-state index contributed by atoms with van der Waals surface area (Å²) in [5, 5.41) is 0.182. The van der Waals surface area contributed by atoms with Gasteiger partial charge in [-0.15, -0.1) is 11.3 Å². The first kappa shape index (κ1) is 28.9. The van der Waals surface area contributed by atoms with Gasteiger partial charge in [-0.3, -0.25) is 4.79 Å². The van der Waals surface area contributed by atoms with E-state index in [9.17, 15) is 9.59 Å². The van der Waals surface area contributed by atoms with Crippen LogP contribution in [0.2, 0.25) is 18.1 Å². The quantitative estimate of drug-likeness (QED) is 0.239. The number of anilines is 1. The summed E-state index contributed by atoms with van der Waals surface area (Å²) in [6.45, 7) is 15.9. The molecular weight excluding hydrogens is 542 g/mol. The Hall–Kier alpha value is -0.703. The number of rotatable bonds is 7. The molecule has 0 saturated heterocycles. The molecule has 1 amide bonds. The summed E-state index contributed by atoms with van der Waals surface area (Å²) in [5.41, 5.74) is 0.720. The van der Waals surface area contributed by atoms with Crippen LogP contribution in [0.5, 0.6) is 0 Å². The minimum atomic E-state index is -1.84. The van der Waals surface area contributed by atoms with E-state index < -0.39 is 8.32 Å². The lowest BCUT2D eigenvalue weighted by molar-refractivity contribution is -0.124. The molecule has 0 bridgehead atoms. The molecule has 5 nitrogen and oxygen atoms in total. The average Bonchev–Trinajstić information content (AvgIpc) is 3.16. The Balaban J connectivity index is 1.84. The zero-order chi connectivity index (χ0) is 26.0. The fraction of sp³-hybridized carbons (Fsp3) is 0.778. The van der Waals surface area contributed by atoms with Gasteiger partial charge in [0.25, 0.3) is 0 Å². The number of ether oxygens (including phenoxy) is 1. The Morgan fingerprint density at radius 1 is 1.09 bits per heavy atom. The van der Waals surface area contributed by atoms with Gasteiger partial charge in [0.05, 0.1) is 16.1 Å². The Kier molecular flexibility index (Phi) is 9.71. The molecule has 8 heteroatoms. The molecule has 0 radical (unpaired) electrons. The van der Waals surface area contributed by atoms with Crippen LogP contribution in [0.3, 0.4) is 0 Å². The highest BCUT2D eigenvalue weighted by molar-refractivity contribution is 9.11. The third-order valence-electron chi connectivity index (χ3n) is 8.28. The highest BCUT2D eigenvalue weighted by Crippen LogP contribution is 2.42. The maximum Gasteiger partial charge on any atom is 0.350 e. The summed E-state index contributed by atoms with van der Waals surface area (Å²) < 4.78 is 12.9. The predicted octanol–water partition coefficient (Wildman–Crippen LogP) is 8.18. The van der Waals surface area contributed by atoms with Crippen molar-refractivity contribution in [2.24, 2.45) is 11.8 Å². The monoisotopic (exact) mass is 585 g/mol. The maximum atomic E-state index is 14.0. The highest BCUT2D eigenvalue weighted by atomic mass is 79.9. The molecular formula is C27H44BrNO4SSi. The molecule has 198 valence electrons. The van der Waals surface area contributed by atoms with Gasteiger partial charge in [0.2, 0.25) is 5.91 Å². The Morgan fingerprint density at radius 2 is 1.69 bits per heavy atom. The van der Waals surface area contributed by atoms with Crippen LogP contribution in [0, 0.1) is 11.8 Å². The maximum absolute atomic E-state index is 14.0. The van der Waals surface area contributed by atoms with Crippen molar-refractivity contribution in [1.29, 1.82) is 0 Å². The second-order valence-corrected chi connectivity index (χ2v) is 19.1. The van der Waals surface area contributed by atoms with Crippen LogP contribution in [0.4, 0.5) is 5.69 Å². The molecule has 0 atom stereocenters. The van der Waals surface area contributed by atoms with Crippen LogP contribution in [-0.2, 0) is 14.0 Å². The molecule has 1 aromatic heterocycles. The number of carbonyl (C=O) groups excluding carboxylic acids is 2. The van der Waals surface area contributed by atoms with Crippen LogP contribution >= 0.6 is 27.3 Å². The SMILES string of the molecule is CCOC(=O)c1sc(Br)cc1N(C(=O)[C@H]1CC[C@H](C)CC1)[C@H]1CC[C@@H](O[Si](C)(C)C(C)(C)C)CC1. The first-order valence-electron chi connectivity index (χ1n) is 13.3. The van der Waals surface area contributed by atoms with Gasteiger partial charge in [0.1, 0.15) is 4.88 Å². The molecule has 0 unspecified atom stereocenters. The highest BCUT2D eigenvalue weighted by Gasteiger charge is 2.42. The van der Waals surface area contributed by atoms with E-state index in [1.165, 1.54) is 11.3 Å². The van der Waals surface area contributed by atoms with E-state index in [2.05, 4.69) is 56.7 Å². The normalized spacial score (nSPS) is 25.8. The molecule has 2 fully saturated rings. The molecule has 0 spiro atoms. The number of hydrogen-bond donors (Lipinski definition) is 0. The molecule has 0 aliphatic heterocycles. The number of esters is 1. The standard InChI is InChI=1S/C27H44BrNO4SSi/c1-8-32-26(31)24-22(17-23(28)34-24)29(25(30)19-11-9-18(2)10-12-19)20-13-15-21(16-14-20)33-35(6,7)27(3,4)5/h17-21H,8-16H2,1-7H3/t18-,19-,20-,21+. The first-order chi connectivity index (χ1) is 16.3. The number of nitrogens with zero attached hydrogens (tertiary/aromatic N) is 1. The second kappa shape index (κ2) is 11.8. The summed E-state index contributed by atoms with van der Waals surface area (Å²) >= 11 is 4.93. The van der Waals surface area contributed by atoms with Crippen molar-refractivity contribution in [3.63, 3.8) is 0 Å². The van der Waals surface area contributed by atoms with E-state index in [1.54, 1.807) is 0 Å². The lowest BCUT2D eigenvalue weighted by atomic mass is 9.81. The van der Waals surface area contributed by atoms with Gasteiger partial charge in [-0.2, -0.15) is 0 Å². The van der Waals surface area contributed by atoms with Crippen molar-refractivity contribution in [2.45, 2.75) is 116 Å². The number of carbonyl (C=O) groups is 2. The fourth-order valence-corrected chi connectivity index (χ4v) is 7.98. The van der Waals surface area contributed by atoms with Crippen LogP contribution in [0.15, 0.2) is 9.85 Å². The van der Waals surface area contributed by atoms with Gasteiger partial charge >= 0.3 is 5.97 Å². The molecule has 2 aliphatic carbocycles. The molecule has 35 heavy (non-hydrogen) atoms.